The molecule has 15 heavy (non-hydrogen) atoms. The Bertz CT molecular complexity index is 398. The van der Waals surface area contributed by atoms with Gasteiger partial charge in [-0.1, -0.05) is 0 Å². The zero-order valence-corrected chi connectivity index (χ0v) is 10.3. The lowest BCUT2D eigenvalue weighted by Crippen LogP contribution is -2.04. The van der Waals surface area contributed by atoms with Gasteiger partial charge in [0.25, 0.3) is 6.43 Å². The third-order valence-electron chi connectivity index (χ3n) is 1.57. The number of rotatable bonds is 3. The van der Waals surface area contributed by atoms with Crippen LogP contribution in [0.1, 0.15) is 17.7 Å². The number of aromatic nitrogens is 1. The predicted molar refractivity (Wildman–Crippen MR) is 55.9 cm³/mol. The van der Waals surface area contributed by atoms with Gasteiger partial charge in [-0.2, -0.15) is 0 Å². The van der Waals surface area contributed by atoms with Crippen LogP contribution in [0.4, 0.5) is 8.78 Å². The lowest BCUT2D eigenvalue weighted by Gasteiger charge is -2.07. The summed E-state index contributed by atoms with van der Waals surface area (Å²) in [4.78, 5) is 14.2. The van der Waals surface area contributed by atoms with Crippen LogP contribution in [-0.2, 0) is 11.2 Å². The average Bonchev–Trinajstić information content (AvgIpc) is 2.09. The number of carbonyl (C=O) groups is 1. The number of halogens is 4. The molecule has 0 unspecified atom stereocenters. The van der Waals surface area contributed by atoms with Gasteiger partial charge in [-0.15, -0.1) is 0 Å². The van der Waals surface area contributed by atoms with E-state index in [9.17, 15) is 13.6 Å². The number of pyridine rings is 1. The molecule has 1 N–H and O–H groups in total. The van der Waals surface area contributed by atoms with Crippen molar-refractivity contribution in [2.75, 3.05) is 0 Å². The molecule has 0 saturated heterocycles. The van der Waals surface area contributed by atoms with Crippen LogP contribution < -0.4 is 0 Å². The van der Waals surface area contributed by atoms with Gasteiger partial charge < -0.3 is 5.11 Å². The molecule has 0 amide bonds. The first-order chi connectivity index (χ1) is 6.91. The minimum atomic E-state index is -2.67. The van der Waals surface area contributed by atoms with E-state index < -0.39 is 12.4 Å². The zero-order chi connectivity index (χ0) is 11.6. The summed E-state index contributed by atoms with van der Waals surface area (Å²) < 4.78 is 25.3. The Morgan fingerprint density at radius 3 is 2.60 bits per heavy atom. The lowest BCUT2D eigenvalue weighted by atomic mass is 10.2. The van der Waals surface area contributed by atoms with Gasteiger partial charge >= 0.3 is 5.97 Å². The van der Waals surface area contributed by atoms with E-state index >= 15 is 0 Å². The molecule has 0 spiro atoms. The topological polar surface area (TPSA) is 50.2 Å². The van der Waals surface area contributed by atoms with Crippen LogP contribution >= 0.6 is 31.9 Å². The number of aliphatic carboxylic acids is 1. The second-order valence-corrected chi connectivity index (χ2v) is 4.22. The zero-order valence-electron chi connectivity index (χ0n) is 7.18. The van der Waals surface area contributed by atoms with E-state index in [0.717, 1.165) is 6.07 Å². The largest absolute Gasteiger partial charge is 0.481 e. The van der Waals surface area contributed by atoms with Gasteiger partial charge in [0.05, 0.1) is 16.6 Å². The summed E-state index contributed by atoms with van der Waals surface area (Å²) in [5, 5.41) is 8.50. The maximum atomic E-state index is 12.5. The summed E-state index contributed by atoms with van der Waals surface area (Å²) in [5.41, 5.74) is -0.180. The first-order valence-corrected chi connectivity index (χ1v) is 5.35. The number of alkyl halides is 2. The van der Waals surface area contributed by atoms with Gasteiger partial charge in [0.2, 0.25) is 0 Å². The highest BCUT2D eigenvalue weighted by molar-refractivity contribution is 9.13. The Morgan fingerprint density at radius 2 is 2.13 bits per heavy atom. The van der Waals surface area contributed by atoms with Crippen molar-refractivity contribution >= 4 is 37.8 Å². The smallest absolute Gasteiger partial charge is 0.309 e. The SMILES string of the molecule is O=C(O)Cc1cc(C(F)F)c(Br)c(Br)n1. The number of carboxylic acids is 1. The van der Waals surface area contributed by atoms with Gasteiger partial charge in [0.1, 0.15) is 4.60 Å². The third-order valence-corrected chi connectivity index (χ3v) is 3.51. The summed E-state index contributed by atoms with van der Waals surface area (Å²) in [6.45, 7) is 0. The Hall–Kier alpha value is -0.560. The van der Waals surface area contributed by atoms with Gasteiger partial charge in [-0.05, 0) is 37.9 Å². The molecule has 7 heteroatoms. The normalized spacial score (nSPS) is 10.7. The molecule has 0 aliphatic heterocycles. The van der Waals surface area contributed by atoms with Crippen molar-refractivity contribution in [1.29, 1.82) is 0 Å². The molecule has 0 aliphatic carbocycles. The standard InChI is InChI=1S/C8H5Br2F2NO2/c9-6-4(8(11)12)1-3(2-5(14)15)13-7(6)10/h1,8H,2H2,(H,14,15). The molecule has 0 radical (unpaired) electrons. The van der Waals surface area contributed by atoms with Crippen LogP contribution in [0, 0.1) is 0 Å². The molecule has 82 valence electrons. The molecule has 0 fully saturated rings. The van der Waals surface area contributed by atoms with Gasteiger partial charge in [-0.25, -0.2) is 13.8 Å². The van der Waals surface area contributed by atoms with Crippen LogP contribution in [-0.4, -0.2) is 16.1 Å². The fourth-order valence-corrected chi connectivity index (χ4v) is 1.81. The summed E-state index contributed by atoms with van der Waals surface area (Å²) in [7, 11) is 0. The first kappa shape index (κ1) is 12.5. The second-order valence-electron chi connectivity index (χ2n) is 2.68. The van der Waals surface area contributed by atoms with Crippen LogP contribution in [0.2, 0.25) is 0 Å². The van der Waals surface area contributed by atoms with E-state index in [-0.39, 0.29) is 26.8 Å². The number of carboxylic acid groups (broad SMARTS) is 1. The monoisotopic (exact) mass is 343 g/mol. The molecular weight excluding hydrogens is 340 g/mol. The molecule has 0 bridgehead atoms. The Labute approximate surface area is 101 Å². The lowest BCUT2D eigenvalue weighted by molar-refractivity contribution is -0.136. The van der Waals surface area contributed by atoms with Crippen molar-refractivity contribution in [2.45, 2.75) is 12.8 Å². The number of hydrogen-bond acceptors (Lipinski definition) is 2. The summed E-state index contributed by atoms with van der Waals surface area (Å²) in [6.07, 6.45) is -3.06. The molecule has 1 aromatic rings. The van der Waals surface area contributed by atoms with E-state index in [0.29, 0.717) is 0 Å². The molecule has 0 aromatic carbocycles. The van der Waals surface area contributed by atoms with Crippen molar-refractivity contribution in [3.8, 4) is 0 Å². The summed E-state index contributed by atoms with van der Waals surface area (Å²) in [6, 6.07) is 1.08. The van der Waals surface area contributed by atoms with Crippen molar-refractivity contribution in [3.63, 3.8) is 0 Å². The molecular formula is C8H5Br2F2NO2. The van der Waals surface area contributed by atoms with E-state index in [2.05, 4.69) is 36.8 Å². The minimum absolute atomic E-state index is 0.0906. The highest BCUT2D eigenvalue weighted by Gasteiger charge is 2.17. The summed E-state index contributed by atoms with van der Waals surface area (Å²) in [5.74, 6) is -1.11. The fraction of sp³-hybridized carbons (Fsp3) is 0.250. The highest BCUT2D eigenvalue weighted by Crippen LogP contribution is 2.32. The van der Waals surface area contributed by atoms with Crippen molar-refractivity contribution < 1.29 is 18.7 Å². The van der Waals surface area contributed by atoms with E-state index in [1.54, 1.807) is 0 Å². The Balaban J connectivity index is 3.17. The van der Waals surface area contributed by atoms with Gasteiger partial charge in [0.15, 0.2) is 0 Å². The molecule has 0 aliphatic rings. The molecule has 3 nitrogen and oxygen atoms in total. The fourth-order valence-electron chi connectivity index (χ4n) is 0.974. The van der Waals surface area contributed by atoms with Crippen molar-refractivity contribution in [1.82, 2.24) is 4.98 Å². The first-order valence-electron chi connectivity index (χ1n) is 3.76. The maximum absolute atomic E-state index is 12.5. The quantitative estimate of drug-likeness (QED) is 0.857. The molecule has 0 atom stereocenters. The Kier molecular flexibility index (Phi) is 4.15. The minimum Gasteiger partial charge on any atom is -0.481 e. The average molecular weight is 345 g/mol. The van der Waals surface area contributed by atoms with Crippen LogP contribution in [0.15, 0.2) is 15.1 Å². The van der Waals surface area contributed by atoms with Gasteiger partial charge in [0, 0.05) is 5.56 Å². The highest BCUT2D eigenvalue weighted by atomic mass is 79.9. The van der Waals surface area contributed by atoms with Crippen LogP contribution in [0.5, 0.6) is 0 Å². The van der Waals surface area contributed by atoms with Crippen molar-refractivity contribution in [3.05, 3.63) is 26.4 Å². The van der Waals surface area contributed by atoms with Crippen LogP contribution in [0.25, 0.3) is 0 Å². The second kappa shape index (κ2) is 4.98. The molecule has 0 saturated carbocycles. The van der Waals surface area contributed by atoms with Gasteiger partial charge in [-0.3, -0.25) is 4.79 Å². The summed E-state index contributed by atoms with van der Waals surface area (Å²) >= 11 is 5.92. The maximum Gasteiger partial charge on any atom is 0.309 e. The predicted octanol–water partition coefficient (Wildman–Crippen LogP) is 3.17. The molecule has 1 rings (SSSR count). The van der Waals surface area contributed by atoms with Crippen molar-refractivity contribution in [2.24, 2.45) is 0 Å². The number of nitrogens with zero attached hydrogens (tertiary/aromatic N) is 1. The van der Waals surface area contributed by atoms with E-state index in [4.69, 9.17) is 5.11 Å². The Morgan fingerprint density at radius 1 is 1.53 bits per heavy atom. The van der Waals surface area contributed by atoms with E-state index in [1.807, 2.05) is 0 Å². The third kappa shape index (κ3) is 3.20. The number of hydrogen-bond donors (Lipinski definition) is 1. The molecule has 1 heterocycles. The molecule has 1 aromatic heterocycles. The van der Waals surface area contributed by atoms with E-state index in [1.165, 1.54) is 0 Å². The van der Waals surface area contributed by atoms with Crippen LogP contribution in [0.3, 0.4) is 0 Å².